The molecule has 0 aromatic rings. The molecule has 10 atom stereocenters. The molecular weight excluding hydrogens is 322 g/mol. The first-order valence-corrected chi connectivity index (χ1v) is 11.6. The molecule has 2 heterocycles. The summed E-state index contributed by atoms with van der Waals surface area (Å²) in [5.41, 5.74) is 0.684. The van der Waals surface area contributed by atoms with Gasteiger partial charge in [0, 0.05) is 6.04 Å². The molecule has 0 aromatic heterocycles. The third-order valence-corrected chi connectivity index (χ3v) is 10.5. The maximum Gasteiger partial charge on any atom is 0.0847 e. The van der Waals surface area contributed by atoms with E-state index in [1.54, 1.807) is 0 Å². The Hall–Kier alpha value is -0.120. The van der Waals surface area contributed by atoms with E-state index in [0.29, 0.717) is 23.7 Å². The second-order valence-electron chi connectivity index (χ2n) is 11.3. The average molecular weight is 360 g/mol. The van der Waals surface area contributed by atoms with Crippen molar-refractivity contribution < 1.29 is 9.84 Å². The maximum absolute atomic E-state index is 11.4. The van der Waals surface area contributed by atoms with E-state index < -0.39 is 0 Å². The largest absolute Gasteiger partial charge is 0.391 e. The molecule has 0 aromatic carbocycles. The molecule has 6 fully saturated rings. The molecule has 6 rings (SSSR count). The fourth-order valence-corrected chi connectivity index (χ4v) is 8.93. The van der Waals surface area contributed by atoms with Gasteiger partial charge < -0.3 is 9.84 Å². The van der Waals surface area contributed by atoms with Gasteiger partial charge in [0.15, 0.2) is 0 Å². The summed E-state index contributed by atoms with van der Waals surface area (Å²) in [5.74, 6) is 3.39. The molecule has 0 spiro atoms. The third-order valence-electron chi connectivity index (χ3n) is 10.5. The van der Waals surface area contributed by atoms with E-state index in [-0.39, 0.29) is 11.5 Å². The summed E-state index contributed by atoms with van der Waals surface area (Å²) in [5, 5.41) is 11.4. The summed E-state index contributed by atoms with van der Waals surface area (Å²) in [7, 11) is 0. The van der Waals surface area contributed by atoms with Crippen molar-refractivity contribution in [3.63, 3.8) is 0 Å². The molecule has 6 aliphatic rings. The van der Waals surface area contributed by atoms with E-state index in [0.717, 1.165) is 23.7 Å². The number of aliphatic hydroxyl groups is 1. The average Bonchev–Trinajstić information content (AvgIpc) is 3.02. The number of fused-ring (bicyclic) bond motifs is 6. The Morgan fingerprint density at radius 1 is 0.923 bits per heavy atom. The normalized spacial score (nSPS) is 61.5. The van der Waals surface area contributed by atoms with Gasteiger partial charge in [0.1, 0.15) is 0 Å². The Bertz CT molecular complexity index is 589. The second kappa shape index (κ2) is 5.48. The first kappa shape index (κ1) is 16.8. The lowest BCUT2D eigenvalue weighted by atomic mass is 9.45. The standard InChI is InChI=1S/C23H37NO2/c1-22-8-7-16-15(6-5-14-11-19-20(26-19)13-23(14,16)2)17(22)12-18(21(22)25)24-9-3-4-10-24/h14-21,25H,3-13H2,1-2H3/t14?,15?,16?,17?,18?,19-,20+,21?,22-,23-/m0/s1. The lowest BCUT2D eigenvalue weighted by Gasteiger charge is -2.59. The van der Waals surface area contributed by atoms with Gasteiger partial charge in [0.25, 0.3) is 0 Å². The monoisotopic (exact) mass is 359 g/mol. The van der Waals surface area contributed by atoms with Crippen molar-refractivity contribution in [2.75, 3.05) is 13.1 Å². The second-order valence-corrected chi connectivity index (χ2v) is 11.3. The van der Waals surface area contributed by atoms with Gasteiger partial charge >= 0.3 is 0 Å². The quantitative estimate of drug-likeness (QED) is 0.723. The Labute approximate surface area is 158 Å². The van der Waals surface area contributed by atoms with Gasteiger partial charge in [-0.25, -0.2) is 0 Å². The lowest BCUT2D eigenvalue weighted by Crippen LogP contribution is -2.54. The molecule has 6 unspecified atom stereocenters. The van der Waals surface area contributed by atoms with Gasteiger partial charge in [-0.05, 0) is 105 Å². The van der Waals surface area contributed by atoms with Crippen LogP contribution in [0.5, 0.6) is 0 Å². The highest BCUT2D eigenvalue weighted by atomic mass is 16.6. The predicted octanol–water partition coefficient (Wildman–Crippen LogP) is 3.84. The van der Waals surface area contributed by atoms with Crippen LogP contribution in [0.2, 0.25) is 0 Å². The number of nitrogens with zero attached hydrogens (tertiary/aromatic N) is 1. The van der Waals surface area contributed by atoms with Crippen molar-refractivity contribution in [3.8, 4) is 0 Å². The third kappa shape index (κ3) is 2.12. The lowest BCUT2D eigenvalue weighted by molar-refractivity contribution is -0.119. The molecule has 2 aliphatic heterocycles. The van der Waals surface area contributed by atoms with E-state index in [2.05, 4.69) is 18.7 Å². The minimum absolute atomic E-state index is 0.0976. The van der Waals surface area contributed by atoms with E-state index >= 15 is 0 Å². The zero-order valence-corrected chi connectivity index (χ0v) is 16.7. The number of hydrogen-bond donors (Lipinski definition) is 1. The highest BCUT2D eigenvalue weighted by Crippen LogP contribution is 2.68. The van der Waals surface area contributed by atoms with E-state index in [4.69, 9.17) is 4.74 Å². The Balaban J connectivity index is 1.29. The summed E-state index contributed by atoms with van der Waals surface area (Å²) < 4.78 is 5.98. The fraction of sp³-hybridized carbons (Fsp3) is 1.00. The molecular formula is C23H37NO2. The van der Waals surface area contributed by atoms with Crippen LogP contribution in [0.25, 0.3) is 0 Å². The molecule has 2 saturated heterocycles. The highest BCUT2D eigenvalue weighted by molar-refractivity contribution is 5.15. The fourth-order valence-electron chi connectivity index (χ4n) is 8.93. The number of rotatable bonds is 1. The molecule has 4 saturated carbocycles. The van der Waals surface area contributed by atoms with Crippen LogP contribution >= 0.6 is 0 Å². The maximum atomic E-state index is 11.4. The summed E-state index contributed by atoms with van der Waals surface area (Å²) in [6.45, 7) is 7.51. The van der Waals surface area contributed by atoms with Crippen molar-refractivity contribution in [2.24, 2.45) is 34.5 Å². The van der Waals surface area contributed by atoms with Crippen molar-refractivity contribution in [1.29, 1.82) is 0 Å². The molecule has 0 bridgehead atoms. The van der Waals surface area contributed by atoms with Crippen LogP contribution < -0.4 is 0 Å². The molecule has 0 radical (unpaired) electrons. The molecule has 26 heavy (non-hydrogen) atoms. The Kier molecular flexibility index (Phi) is 3.54. The van der Waals surface area contributed by atoms with E-state index in [1.165, 1.54) is 70.9 Å². The SMILES string of the molecule is C[C@]12C[C@H]3O[C@H]3CC1CCC1C2CC[C@]2(C)C(O)C(N3CCCC3)CC12. The van der Waals surface area contributed by atoms with Crippen molar-refractivity contribution in [3.05, 3.63) is 0 Å². The molecule has 0 amide bonds. The van der Waals surface area contributed by atoms with Crippen molar-refractivity contribution >= 4 is 0 Å². The van der Waals surface area contributed by atoms with Crippen LogP contribution in [-0.2, 0) is 4.74 Å². The Morgan fingerprint density at radius 3 is 2.54 bits per heavy atom. The van der Waals surface area contributed by atoms with Gasteiger partial charge in [0.2, 0.25) is 0 Å². The predicted molar refractivity (Wildman–Crippen MR) is 102 cm³/mol. The molecule has 4 aliphatic carbocycles. The molecule has 3 heteroatoms. The minimum Gasteiger partial charge on any atom is -0.391 e. The number of likely N-dealkylation sites (tertiary alicyclic amines) is 1. The van der Waals surface area contributed by atoms with Crippen molar-refractivity contribution in [2.45, 2.75) is 96.0 Å². The van der Waals surface area contributed by atoms with Crippen LogP contribution in [0, 0.1) is 34.5 Å². The zero-order valence-electron chi connectivity index (χ0n) is 16.7. The summed E-state index contributed by atoms with van der Waals surface area (Å²) in [6, 6.07) is 0.444. The summed E-state index contributed by atoms with van der Waals surface area (Å²) in [6.07, 6.45) is 13.1. The zero-order chi connectivity index (χ0) is 17.7. The van der Waals surface area contributed by atoms with Crippen LogP contribution in [-0.4, -0.2) is 47.4 Å². The van der Waals surface area contributed by atoms with Crippen LogP contribution in [0.3, 0.4) is 0 Å². The van der Waals surface area contributed by atoms with Crippen molar-refractivity contribution in [1.82, 2.24) is 4.90 Å². The van der Waals surface area contributed by atoms with E-state index in [9.17, 15) is 5.11 Å². The van der Waals surface area contributed by atoms with Crippen LogP contribution in [0.4, 0.5) is 0 Å². The van der Waals surface area contributed by atoms with Gasteiger partial charge in [-0.1, -0.05) is 13.8 Å². The summed E-state index contributed by atoms with van der Waals surface area (Å²) in [4.78, 5) is 2.64. The topological polar surface area (TPSA) is 36.0 Å². The number of hydrogen-bond acceptors (Lipinski definition) is 3. The summed E-state index contributed by atoms with van der Waals surface area (Å²) >= 11 is 0. The smallest absolute Gasteiger partial charge is 0.0847 e. The number of aliphatic hydroxyl groups excluding tert-OH is 1. The van der Waals surface area contributed by atoms with E-state index in [1.807, 2.05) is 0 Å². The van der Waals surface area contributed by atoms with Crippen LogP contribution in [0.1, 0.15) is 71.6 Å². The Morgan fingerprint density at radius 2 is 1.73 bits per heavy atom. The van der Waals surface area contributed by atoms with Gasteiger partial charge in [0.05, 0.1) is 18.3 Å². The number of epoxide rings is 1. The highest BCUT2D eigenvalue weighted by Gasteiger charge is 2.65. The molecule has 1 N–H and O–H groups in total. The van der Waals surface area contributed by atoms with Gasteiger partial charge in [-0.3, -0.25) is 4.90 Å². The number of ether oxygens (including phenoxy) is 1. The van der Waals surface area contributed by atoms with Gasteiger partial charge in [-0.2, -0.15) is 0 Å². The molecule has 146 valence electrons. The first-order valence-electron chi connectivity index (χ1n) is 11.6. The first-order chi connectivity index (χ1) is 12.5. The van der Waals surface area contributed by atoms with Crippen LogP contribution in [0.15, 0.2) is 0 Å². The minimum atomic E-state index is -0.0976. The molecule has 3 nitrogen and oxygen atoms in total. The van der Waals surface area contributed by atoms with Gasteiger partial charge in [-0.15, -0.1) is 0 Å².